The maximum atomic E-state index is 10.0. The Balaban J connectivity index is 0.000000810. The van der Waals surface area contributed by atoms with Crippen LogP contribution in [-0.4, -0.2) is 43.2 Å². The van der Waals surface area contributed by atoms with Gasteiger partial charge in [-0.25, -0.2) is 0 Å². The molecule has 1 fully saturated rings. The van der Waals surface area contributed by atoms with E-state index in [1.165, 1.54) is 0 Å². The molecule has 0 amide bonds. The van der Waals surface area contributed by atoms with Crippen molar-refractivity contribution in [3.05, 3.63) is 0 Å². The van der Waals surface area contributed by atoms with Gasteiger partial charge in [0.2, 0.25) is 0 Å². The second-order valence-electron chi connectivity index (χ2n) is 2.34. The van der Waals surface area contributed by atoms with Gasteiger partial charge in [0.25, 0.3) is 0 Å². The zero-order valence-corrected chi connectivity index (χ0v) is 6.17. The Morgan fingerprint density at radius 1 is 1.60 bits per heavy atom. The number of ether oxygens (including phenoxy) is 1. The molecule has 4 heteroatoms. The predicted octanol–water partition coefficient (Wildman–Crippen LogP) is 0.117. The zero-order valence-electron chi connectivity index (χ0n) is 6.17. The molecule has 1 saturated heterocycles. The summed E-state index contributed by atoms with van der Waals surface area (Å²) in [5.74, 6) is -0.192. The molecule has 0 bridgehead atoms. The van der Waals surface area contributed by atoms with Crippen LogP contribution in [0.3, 0.4) is 0 Å². The van der Waals surface area contributed by atoms with Crippen LogP contribution in [0.4, 0.5) is 0 Å². The van der Waals surface area contributed by atoms with Crippen LogP contribution in [-0.2, 0) is 9.53 Å². The van der Waals surface area contributed by atoms with Crippen molar-refractivity contribution in [2.24, 2.45) is 5.92 Å². The van der Waals surface area contributed by atoms with E-state index in [4.69, 9.17) is 9.84 Å². The first-order valence-corrected chi connectivity index (χ1v) is 3.08. The molecule has 1 N–H and O–H groups in total. The van der Waals surface area contributed by atoms with Crippen LogP contribution in [0.15, 0.2) is 0 Å². The maximum absolute atomic E-state index is 10.0. The van der Waals surface area contributed by atoms with Crippen molar-refractivity contribution < 1.29 is 14.6 Å². The van der Waals surface area contributed by atoms with Crippen LogP contribution in [0.25, 0.3) is 0 Å². The smallest absolute Gasteiger partial charge is 0.303 e. The van der Waals surface area contributed by atoms with Crippen molar-refractivity contribution in [1.29, 1.82) is 0 Å². The molecule has 1 aliphatic rings. The summed E-state index contributed by atoms with van der Waals surface area (Å²) in [4.78, 5) is 10.0. The third-order valence-corrected chi connectivity index (χ3v) is 1.47. The van der Waals surface area contributed by atoms with E-state index in [1.807, 2.05) is 0 Å². The normalized spacial score (nSPS) is 17.2. The van der Waals surface area contributed by atoms with Gasteiger partial charge in [0.05, 0.1) is 13.2 Å². The standard InChI is InChI=1S/C6H10O3.Li/c7-6(8)2-1-5-3-9-4-5;/h5H,1-4H2,(H,7,8);. The number of carboxylic acid groups (broad SMARTS) is 1. The Labute approximate surface area is 71.9 Å². The molecule has 3 nitrogen and oxygen atoms in total. The molecule has 0 atom stereocenters. The molecule has 0 aromatic rings. The molecular weight excluding hydrogens is 127 g/mol. The minimum atomic E-state index is -0.707. The van der Waals surface area contributed by atoms with Crippen LogP contribution in [0.1, 0.15) is 12.8 Å². The zero-order chi connectivity index (χ0) is 6.69. The Bertz CT molecular complexity index is 112. The fourth-order valence-corrected chi connectivity index (χ4v) is 0.779. The molecule has 0 aliphatic carbocycles. The summed E-state index contributed by atoms with van der Waals surface area (Å²) in [5.41, 5.74) is 0. The average Bonchev–Trinajstić information content (AvgIpc) is 1.60. The van der Waals surface area contributed by atoms with Gasteiger partial charge in [0.15, 0.2) is 0 Å². The molecular formula is C6H10LiO3. The molecule has 0 unspecified atom stereocenters. The third kappa shape index (κ3) is 3.26. The van der Waals surface area contributed by atoms with E-state index in [0.717, 1.165) is 19.6 Å². The molecule has 53 valence electrons. The molecule has 1 heterocycles. The van der Waals surface area contributed by atoms with Crippen molar-refractivity contribution in [3.63, 3.8) is 0 Å². The molecule has 1 radical (unpaired) electrons. The van der Waals surface area contributed by atoms with Gasteiger partial charge in [-0.3, -0.25) is 4.79 Å². The Hall–Kier alpha value is 0.0274. The van der Waals surface area contributed by atoms with Crippen molar-refractivity contribution in [2.75, 3.05) is 13.2 Å². The SMILES string of the molecule is O=C(O)CCC1COC1.[Li]. The fraction of sp³-hybridized carbons (Fsp3) is 0.833. The van der Waals surface area contributed by atoms with E-state index >= 15 is 0 Å². The van der Waals surface area contributed by atoms with Crippen molar-refractivity contribution in [2.45, 2.75) is 12.8 Å². The molecule has 0 aromatic carbocycles. The molecule has 1 aliphatic heterocycles. The van der Waals surface area contributed by atoms with Gasteiger partial charge in [-0.15, -0.1) is 0 Å². The van der Waals surface area contributed by atoms with Crippen LogP contribution in [0.2, 0.25) is 0 Å². The minimum Gasteiger partial charge on any atom is -0.481 e. The molecule has 1 rings (SSSR count). The summed E-state index contributed by atoms with van der Waals surface area (Å²) in [7, 11) is 0. The first-order valence-electron chi connectivity index (χ1n) is 3.08. The van der Waals surface area contributed by atoms with Crippen molar-refractivity contribution >= 4 is 24.8 Å². The van der Waals surface area contributed by atoms with Crippen LogP contribution in [0, 0.1) is 5.92 Å². The summed E-state index contributed by atoms with van der Waals surface area (Å²) < 4.78 is 4.87. The predicted molar refractivity (Wildman–Crippen MR) is 36.9 cm³/mol. The van der Waals surface area contributed by atoms with E-state index in [2.05, 4.69) is 0 Å². The van der Waals surface area contributed by atoms with Gasteiger partial charge in [0.1, 0.15) is 0 Å². The molecule has 10 heavy (non-hydrogen) atoms. The summed E-state index contributed by atoms with van der Waals surface area (Å²) in [6.07, 6.45) is 1.06. The van der Waals surface area contributed by atoms with Gasteiger partial charge in [-0.1, -0.05) is 0 Å². The molecule has 0 aromatic heterocycles. The van der Waals surface area contributed by atoms with Crippen LogP contribution >= 0.6 is 0 Å². The van der Waals surface area contributed by atoms with E-state index in [-0.39, 0.29) is 25.3 Å². The largest absolute Gasteiger partial charge is 0.481 e. The number of carboxylic acids is 1. The average molecular weight is 137 g/mol. The number of hydrogen-bond acceptors (Lipinski definition) is 2. The summed E-state index contributed by atoms with van der Waals surface area (Å²) in [5, 5.41) is 8.24. The second kappa shape index (κ2) is 4.78. The fourth-order valence-electron chi connectivity index (χ4n) is 0.779. The first-order chi connectivity index (χ1) is 4.29. The quantitative estimate of drug-likeness (QED) is 0.562. The third-order valence-electron chi connectivity index (χ3n) is 1.47. The molecule has 0 spiro atoms. The summed E-state index contributed by atoms with van der Waals surface area (Å²) in [6, 6.07) is 0. The Morgan fingerprint density at radius 3 is 2.50 bits per heavy atom. The van der Waals surface area contributed by atoms with Gasteiger partial charge in [-0.2, -0.15) is 0 Å². The van der Waals surface area contributed by atoms with Crippen LogP contribution < -0.4 is 0 Å². The summed E-state index contributed by atoms with van der Waals surface area (Å²) in [6.45, 7) is 1.51. The Kier molecular flexibility index (Phi) is 4.80. The van der Waals surface area contributed by atoms with Crippen molar-refractivity contribution in [1.82, 2.24) is 0 Å². The monoisotopic (exact) mass is 137 g/mol. The van der Waals surface area contributed by atoms with Gasteiger partial charge >= 0.3 is 5.97 Å². The van der Waals surface area contributed by atoms with Crippen LogP contribution in [0.5, 0.6) is 0 Å². The Morgan fingerprint density at radius 2 is 2.20 bits per heavy atom. The van der Waals surface area contributed by atoms with Gasteiger partial charge in [-0.05, 0) is 6.42 Å². The summed E-state index contributed by atoms with van der Waals surface area (Å²) >= 11 is 0. The number of aliphatic carboxylic acids is 1. The minimum absolute atomic E-state index is 0. The second-order valence-corrected chi connectivity index (χ2v) is 2.34. The topological polar surface area (TPSA) is 46.5 Å². The van der Waals surface area contributed by atoms with Gasteiger partial charge < -0.3 is 9.84 Å². The van der Waals surface area contributed by atoms with E-state index in [1.54, 1.807) is 0 Å². The number of hydrogen-bond donors (Lipinski definition) is 1. The first kappa shape index (κ1) is 10.0. The number of rotatable bonds is 3. The van der Waals surface area contributed by atoms with Gasteiger partial charge in [0, 0.05) is 31.2 Å². The van der Waals surface area contributed by atoms with E-state index in [0.29, 0.717) is 5.92 Å². The maximum Gasteiger partial charge on any atom is 0.303 e. The van der Waals surface area contributed by atoms with E-state index < -0.39 is 5.97 Å². The molecule has 0 saturated carbocycles. The van der Waals surface area contributed by atoms with E-state index in [9.17, 15) is 4.79 Å². The number of carbonyl (C=O) groups is 1. The van der Waals surface area contributed by atoms with Crippen molar-refractivity contribution in [3.8, 4) is 0 Å².